The second kappa shape index (κ2) is 6.88. The van der Waals surface area contributed by atoms with Gasteiger partial charge in [-0.05, 0) is 6.07 Å². The van der Waals surface area contributed by atoms with Crippen LogP contribution in [0.15, 0.2) is 18.2 Å². The maximum atomic E-state index is 11.3. The molecule has 0 aromatic heterocycles. The maximum Gasteiger partial charge on any atom is 0.246 e. The first-order valence-corrected chi connectivity index (χ1v) is 5.37. The Labute approximate surface area is 148 Å². The molecule has 0 spiro atoms. The van der Waals surface area contributed by atoms with Gasteiger partial charge < -0.3 is 9.47 Å². The number of para-hydroxylation sites is 1. The molecule has 0 saturated carbocycles. The fourth-order valence-electron chi connectivity index (χ4n) is 2.13. The molecule has 1 N–H and O–H groups in total. The van der Waals surface area contributed by atoms with Crippen LogP contribution in [-0.4, -0.2) is 88.3 Å². The summed E-state index contributed by atoms with van der Waals surface area (Å²) >= 11 is 0. The molecule has 18 heavy (non-hydrogen) atoms. The van der Waals surface area contributed by atoms with E-state index in [0.29, 0.717) is 24.5 Å². The van der Waals surface area contributed by atoms with Crippen molar-refractivity contribution >= 4 is 57.3 Å². The minimum Gasteiger partial charge on any atom is -0.493 e. The third kappa shape index (κ3) is 3.07. The Balaban J connectivity index is 0.00000162. The molecule has 1 aromatic carbocycles. The van der Waals surface area contributed by atoms with Crippen LogP contribution in [0.3, 0.4) is 0 Å². The van der Waals surface area contributed by atoms with Crippen LogP contribution in [0.4, 0.5) is 0 Å². The van der Waals surface area contributed by atoms with Crippen LogP contribution in [-0.2, 0) is 4.79 Å². The fraction of sp³-hybridized carbons (Fsp3) is 0.417. The molecule has 1 aliphatic rings. The van der Waals surface area contributed by atoms with Crippen molar-refractivity contribution in [3.63, 3.8) is 0 Å². The largest absolute Gasteiger partial charge is 0.493 e. The van der Waals surface area contributed by atoms with Gasteiger partial charge in [0.2, 0.25) is 5.91 Å². The Kier molecular flexibility index (Phi) is 6.09. The van der Waals surface area contributed by atoms with Crippen LogP contribution < -0.4 is 9.47 Å². The summed E-state index contributed by atoms with van der Waals surface area (Å²) in [6, 6.07) is 5.54. The zero-order valence-electron chi connectivity index (χ0n) is 10.8. The van der Waals surface area contributed by atoms with E-state index >= 15 is 0 Å². The molecule has 1 aliphatic heterocycles. The van der Waals surface area contributed by atoms with Crippen molar-refractivity contribution in [2.75, 3.05) is 20.8 Å². The van der Waals surface area contributed by atoms with Gasteiger partial charge in [0.05, 0.1) is 20.8 Å². The van der Waals surface area contributed by atoms with Crippen molar-refractivity contribution in [3.05, 3.63) is 23.8 Å². The molecule has 5 nitrogen and oxygen atoms in total. The van der Waals surface area contributed by atoms with Crippen molar-refractivity contribution in [1.29, 1.82) is 0 Å². The van der Waals surface area contributed by atoms with Crippen molar-refractivity contribution in [2.24, 2.45) is 0 Å². The van der Waals surface area contributed by atoms with E-state index in [1.807, 2.05) is 12.1 Å². The Hall–Kier alpha value is -0.114. The predicted octanol–water partition coefficient (Wildman–Crippen LogP) is 1.03. The van der Waals surface area contributed by atoms with Gasteiger partial charge >= 0.3 is 0 Å². The zero-order valence-corrected chi connectivity index (χ0v) is 14.0. The van der Waals surface area contributed by atoms with Gasteiger partial charge in [0.15, 0.2) is 11.5 Å². The third-order valence-corrected chi connectivity index (χ3v) is 2.98. The smallest absolute Gasteiger partial charge is 0.246 e. The molecular weight excluding hydrogens is 261 g/mol. The molecule has 1 unspecified atom stereocenters. The van der Waals surface area contributed by atoms with Crippen molar-refractivity contribution in [1.82, 2.24) is 5.06 Å². The Morgan fingerprint density at radius 2 is 2.06 bits per heavy atom. The number of carbonyl (C=O) groups excluding carboxylic acids is 1. The molecule has 2 rings (SSSR count). The van der Waals surface area contributed by atoms with Crippen LogP contribution in [0.5, 0.6) is 11.5 Å². The summed E-state index contributed by atoms with van der Waals surface area (Å²) in [5.41, 5.74) is 0.886. The van der Waals surface area contributed by atoms with E-state index in [-0.39, 0.29) is 63.2 Å². The SMILES string of the molecule is COc1cccc(C2CC(=O)N(O)C2)c1OC.[K]. The van der Waals surface area contributed by atoms with E-state index in [4.69, 9.17) is 9.47 Å². The van der Waals surface area contributed by atoms with E-state index in [9.17, 15) is 10.0 Å². The number of benzene rings is 1. The first kappa shape index (κ1) is 15.9. The average Bonchev–Trinajstić information content (AvgIpc) is 2.68. The monoisotopic (exact) mass is 276 g/mol. The fourth-order valence-corrected chi connectivity index (χ4v) is 2.13. The second-order valence-corrected chi connectivity index (χ2v) is 3.96. The Morgan fingerprint density at radius 1 is 1.33 bits per heavy atom. The van der Waals surface area contributed by atoms with Gasteiger partial charge in [0.1, 0.15) is 0 Å². The molecule has 1 amide bonds. The van der Waals surface area contributed by atoms with Gasteiger partial charge in [-0.3, -0.25) is 10.0 Å². The molecule has 1 fully saturated rings. The number of carbonyl (C=O) groups is 1. The number of rotatable bonds is 3. The number of nitrogens with zero attached hydrogens (tertiary/aromatic N) is 1. The second-order valence-electron chi connectivity index (χ2n) is 3.96. The molecule has 1 heterocycles. The first-order valence-electron chi connectivity index (χ1n) is 5.37. The Bertz CT molecular complexity index is 438. The molecule has 6 heteroatoms. The number of hydrogen-bond acceptors (Lipinski definition) is 4. The summed E-state index contributed by atoms with van der Waals surface area (Å²) < 4.78 is 10.5. The topological polar surface area (TPSA) is 59.0 Å². The normalized spacial score (nSPS) is 18.5. The van der Waals surface area contributed by atoms with Crippen molar-refractivity contribution < 1.29 is 19.5 Å². The predicted molar refractivity (Wildman–Crippen MR) is 66.2 cm³/mol. The van der Waals surface area contributed by atoms with E-state index in [2.05, 4.69) is 0 Å². The van der Waals surface area contributed by atoms with E-state index in [1.165, 1.54) is 0 Å². The summed E-state index contributed by atoms with van der Waals surface area (Å²) in [6.45, 7) is 0.294. The van der Waals surface area contributed by atoms with Crippen LogP contribution in [0.2, 0.25) is 0 Å². The number of hydroxylamine groups is 2. The summed E-state index contributed by atoms with van der Waals surface area (Å²) in [7, 11) is 3.13. The minimum atomic E-state index is -0.264. The summed E-state index contributed by atoms with van der Waals surface area (Å²) in [4.78, 5) is 11.3. The summed E-state index contributed by atoms with van der Waals surface area (Å²) in [5.74, 6) is 0.939. The zero-order chi connectivity index (χ0) is 12.4. The minimum absolute atomic E-state index is 0. The van der Waals surface area contributed by atoms with Crippen LogP contribution in [0.25, 0.3) is 0 Å². The van der Waals surface area contributed by atoms with Gasteiger partial charge in [-0.15, -0.1) is 0 Å². The number of hydrogen-bond donors (Lipinski definition) is 1. The molecule has 0 aliphatic carbocycles. The summed E-state index contributed by atoms with van der Waals surface area (Å²) in [5, 5.41) is 10.1. The van der Waals surface area contributed by atoms with Gasteiger partial charge in [-0.1, -0.05) is 12.1 Å². The first-order chi connectivity index (χ1) is 8.17. The quantitative estimate of drug-likeness (QED) is 0.661. The number of amides is 1. The van der Waals surface area contributed by atoms with Gasteiger partial charge in [0.25, 0.3) is 0 Å². The van der Waals surface area contributed by atoms with Gasteiger partial charge in [-0.25, -0.2) is 5.06 Å². The van der Waals surface area contributed by atoms with E-state index in [0.717, 1.165) is 10.6 Å². The average molecular weight is 276 g/mol. The molecule has 1 aromatic rings. The molecule has 1 atom stereocenters. The summed E-state index contributed by atoms with van der Waals surface area (Å²) in [6.07, 6.45) is 0.292. The molecule has 0 bridgehead atoms. The Morgan fingerprint density at radius 3 is 2.56 bits per heavy atom. The molecule has 1 radical (unpaired) electrons. The van der Waals surface area contributed by atoms with E-state index in [1.54, 1.807) is 20.3 Å². The number of ether oxygens (including phenoxy) is 2. The number of methoxy groups -OCH3 is 2. The van der Waals surface area contributed by atoms with Crippen LogP contribution in [0, 0.1) is 0 Å². The molecule has 93 valence electrons. The van der Waals surface area contributed by atoms with Crippen LogP contribution >= 0.6 is 0 Å². The van der Waals surface area contributed by atoms with Crippen molar-refractivity contribution in [3.8, 4) is 11.5 Å². The maximum absolute atomic E-state index is 11.3. The standard InChI is InChI=1S/C12H15NO4.K/c1-16-10-5-3-4-9(12(10)17-2)8-6-11(14)13(15)7-8;/h3-5,8,15H,6-7H2,1-2H3;. The van der Waals surface area contributed by atoms with Gasteiger partial charge in [0, 0.05) is 69.3 Å². The van der Waals surface area contributed by atoms with Crippen LogP contribution in [0.1, 0.15) is 17.9 Å². The molecule has 1 saturated heterocycles. The molecular formula is C12H15KNO4. The van der Waals surface area contributed by atoms with E-state index < -0.39 is 0 Å². The van der Waals surface area contributed by atoms with Gasteiger partial charge in [-0.2, -0.15) is 0 Å². The van der Waals surface area contributed by atoms with Crippen molar-refractivity contribution in [2.45, 2.75) is 12.3 Å². The third-order valence-electron chi connectivity index (χ3n) is 2.98.